The fourth-order valence-corrected chi connectivity index (χ4v) is 3.84. The molecule has 3 aromatic rings. The van der Waals surface area contributed by atoms with Crippen molar-refractivity contribution < 1.29 is 14.3 Å². The van der Waals surface area contributed by atoms with Crippen LogP contribution in [0.25, 0.3) is 0 Å². The monoisotopic (exact) mass is 444 g/mol. The fraction of sp³-hybridized carbons (Fsp3) is 0.286. The minimum absolute atomic E-state index is 0.0874. The molecule has 5 nitrogen and oxygen atoms in total. The van der Waals surface area contributed by atoms with E-state index in [4.69, 9.17) is 4.74 Å². The van der Waals surface area contributed by atoms with Crippen LogP contribution in [0.5, 0.6) is 5.75 Å². The van der Waals surface area contributed by atoms with Crippen molar-refractivity contribution in [3.8, 4) is 5.75 Å². The first kappa shape index (κ1) is 24.1. The summed E-state index contributed by atoms with van der Waals surface area (Å²) < 4.78 is 5.23. The lowest BCUT2D eigenvalue weighted by Gasteiger charge is -2.32. The lowest BCUT2D eigenvalue weighted by atomic mass is 10.0. The van der Waals surface area contributed by atoms with Gasteiger partial charge in [0.05, 0.1) is 13.5 Å². The highest BCUT2D eigenvalue weighted by atomic mass is 16.5. The van der Waals surface area contributed by atoms with Crippen molar-refractivity contribution in [2.75, 3.05) is 13.7 Å². The molecule has 0 spiro atoms. The number of ether oxygens (including phenoxy) is 1. The Hall–Kier alpha value is -3.60. The Morgan fingerprint density at radius 1 is 0.909 bits per heavy atom. The van der Waals surface area contributed by atoms with Gasteiger partial charge in [0.15, 0.2) is 0 Å². The van der Waals surface area contributed by atoms with Gasteiger partial charge in [0.25, 0.3) is 0 Å². The van der Waals surface area contributed by atoms with Gasteiger partial charge in [-0.25, -0.2) is 0 Å². The first-order valence-corrected chi connectivity index (χ1v) is 11.3. The maximum Gasteiger partial charge on any atom is 0.243 e. The Bertz CT molecular complexity index is 1050. The van der Waals surface area contributed by atoms with Gasteiger partial charge in [-0.3, -0.25) is 9.59 Å². The summed E-state index contributed by atoms with van der Waals surface area (Å²) in [5.41, 5.74) is 4.02. The van der Waals surface area contributed by atoms with Crippen molar-refractivity contribution in [2.24, 2.45) is 0 Å². The van der Waals surface area contributed by atoms with Gasteiger partial charge >= 0.3 is 0 Å². The molecule has 3 aromatic carbocycles. The number of hydrogen-bond acceptors (Lipinski definition) is 3. The molecule has 1 atom stereocenters. The largest absolute Gasteiger partial charge is 0.497 e. The Labute approximate surface area is 196 Å². The second-order valence-corrected chi connectivity index (χ2v) is 8.07. The molecular formula is C28H32N2O3. The molecule has 0 fully saturated rings. The lowest BCUT2D eigenvalue weighted by molar-refractivity contribution is -0.140. The molecule has 0 unspecified atom stereocenters. The van der Waals surface area contributed by atoms with E-state index in [9.17, 15) is 9.59 Å². The van der Waals surface area contributed by atoms with E-state index in [0.717, 1.165) is 28.0 Å². The zero-order valence-electron chi connectivity index (χ0n) is 19.6. The lowest BCUT2D eigenvalue weighted by Crippen LogP contribution is -2.51. The number of rotatable bonds is 10. The van der Waals surface area contributed by atoms with E-state index in [1.165, 1.54) is 0 Å². The van der Waals surface area contributed by atoms with Crippen LogP contribution in [0.15, 0.2) is 78.9 Å². The second kappa shape index (κ2) is 11.9. The van der Waals surface area contributed by atoms with Crippen LogP contribution < -0.4 is 10.1 Å². The number of carbonyl (C=O) groups is 2. The quantitative estimate of drug-likeness (QED) is 0.507. The zero-order chi connectivity index (χ0) is 23.6. The highest BCUT2D eigenvalue weighted by Gasteiger charge is 2.30. The van der Waals surface area contributed by atoms with Crippen LogP contribution >= 0.6 is 0 Å². The van der Waals surface area contributed by atoms with E-state index in [1.807, 2.05) is 92.7 Å². The molecule has 3 rings (SSSR count). The summed E-state index contributed by atoms with van der Waals surface area (Å²) in [5, 5.41) is 2.93. The van der Waals surface area contributed by atoms with Gasteiger partial charge in [0, 0.05) is 19.5 Å². The summed E-state index contributed by atoms with van der Waals surface area (Å²) in [6, 6.07) is 24.7. The number of likely N-dealkylation sites (N-methyl/N-ethyl adjacent to an activating group) is 1. The Morgan fingerprint density at radius 3 is 2.21 bits per heavy atom. The fourth-order valence-electron chi connectivity index (χ4n) is 3.84. The molecule has 0 aliphatic carbocycles. The van der Waals surface area contributed by atoms with Crippen LogP contribution in [-0.4, -0.2) is 36.4 Å². The SMILES string of the molecule is CCNC(=O)[C@H](Cc1ccccc1)N(Cc1ccccc1C)C(=O)Cc1ccc(OC)cc1. The van der Waals surface area contributed by atoms with E-state index in [2.05, 4.69) is 5.32 Å². The van der Waals surface area contributed by atoms with Gasteiger partial charge in [0.1, 0.15) is 11.8 Å². The second-order valence-electron chi connectivity index (χ2n) is 8.07. The molecule has 0 aliphatic rings. The van der Waals surface area contributed by atoms with Gasteiger partial charge in [0.2, 0.25) is 11.8 Å². The van der Waals surface area contributed by atoms with Crippen LogP contribution in [0.2, 0.25) is 0 Å². The van der Waals surface area contributed by atoms with Crippen molar-refractivity contribution in [2.45, 2.75) is 39.3 Å². The standard InChI is InChI=1S/C28H32N2O3/c1-4-29-28(32)26(18-22-11-6-5-7-12-22)30(20-24-13-9-8-10-21(24)2)27(31)19-23-14-16-25(33-3)17-15-23/h5-17,26H,4,18-20H2,1-3H3,(H,29,32)/t26-/m0/s1. The first-order chi connectivity index (χ1) is 16.0. The number of aryl methyl sites for hydroxylation is 1. The molecular weight excluding hydrogens is 412 g/mol. The van der Waals surface area contributed by atoms with Crippen molar-refractivity contribution in [1.82, 2.24) is 10.2 Å². The molecule has 2 amide bonds. The molecule has 172 valence electrons. The van der Waals surface area contributed by atoms with Crippen molar-refractivity contribution in [1.29, 1.82) is 0 Å². The molecule has 0 bridgehead atoms. The number of amides is 2. The van der Waals surface area contributed by atoms with Crippen LogP contribution in [-0.2, 0) is 29.0 Å². The highest BCUT2D eigenvalue weighted by molar-refractivity contribution is 5.88. The molecule has 0 aromatic heterocycles. The Kier molecular flexibility index (Phi) is 8.64. The summed E-state index contributed by atoms with van der Waals surface area (Å²) in [7, 11) is 1.62. The van der Waals surface area contributed by atoms with Gasteiger partial charge in [-0.05, 0) is 48.2 Å². The molecule has 33 heavy (non-hydrogen) atoms. The van der Waals surface area contributed by atoms with E-state index >= 15 is 0 Å². The average Bonchev–Trinajstić information content (AvgIpc) is 2.83. The van der Waals surface area contributed by atoms with Crippen molar-refractivity contribution in [3.05, 3.63) is 101 Å². The molecule has 0 heterocycles. The maximum atomic E-state index is 13.6. The van der Waals surface area contributed by atoms with E-state index in [1.54, 1.807) is 12.0 Å². The summed E-state index contributed by atoms with van der Waals surface area (Å²) in [5.74, 6) is 0.515. The topological polar surface area (TPSA) is 58.6 Å². The van der Waals surface area contributed by atoms with E-state index < -0.39 is 6.04 Å². The summed E-state index contributed by atoms with van der Waals surface area (Å²) in [4.78, 5) is 28.5. The van der Waals surface area contributed by atoms with Gasteiger partial charge in [-0.1, -0.05) is 66.7 Å². The number of hydrogen-bond donors (Lipinski definition) is 1. The van der Waals surface area contributed by atoms with Crippen LogP contribution in [0.1, 0.15) is 29.2 Å². The molecule has 0 saturated heterocycles. The van der Waals surface area contributed by atoms with Crippen LogP contribution in [0.3, 0.4) is 0 Å². The normalized spacial score (nSPS) is 11.5. The summed E-state index contributed by atoms with van der Waals surface area (Å²) in [6.45, 7) is 4.80. The third-order valence-corrected chi connectivity index (χ3v) is 5.74. The van der Waals surface area contributed by atoms with Crippen LogP contribution in [0, 0.1) is 6.92 Å². The van der Waals surface area contributed by atoms with Crippen molar-refractivity contribution in [3.63, 3.8) is 0 Å². The number of benzene rings is 3. The number of methoxy groups -OCH3 is 1. The van der Waals surface area contributed by atoms with Crippen LogP contribution in [0.4, 0.5) is 0 Å². The number of nitrogens with zero attached hydrogens (tertiary/aromatic N) is 1. The van der Waals surface area contributed by atoms with Gasteiger partial charge in [-0.15, -0.1) is 0 Å². The first-order valence-electron chi connectivity index (χ1n) is 11.3. The van der Waals surface area contributed by atoms with Crippen molar-refractivity contribution >= 4 is 11.8 Å². The third kappa shape index (κ3) is 6.69. The number of nitrogens with one attached hydrogen (secondary N) is 1. The summed E-state index contributed by atoms with van der Waals surface area (Å²) >= 11 is 0. The molecule has 0 saturated carbocycles. The van der Waals surface area contributed by atoms with Gasteiger partial charge in [-0.2, -0.15) is 0 Å². The predicted octanol–water partition coefficient (Wildman–Crippen LogP) is 4.32. The van der Waals surface area contributed by atoms with E-state index in [0.29, 0.717) is 19.5 Å². The average molecular weight is 445 g/mol. The van der Waals surface area contributed by atoms with E-state index in [-0.39, 0.29) is 18.2 Å². The molecule has 0 aliphatic heterocycles. The maximum absolute atomic E-state index is 13.6. The zero-order valence-corrected chi connectivity index (χ0v) is 19.6. The smallest absolute Gasteiger partial charge is 0.243 e. The highest BCUT2D eigenvalue weighted by Crippen LogP contribution is 2.19. The molecule has 0 radical (unpaired) electrons. The predicted molar refractivity (Wildman–Crippen MR) is 131 cm³/mol. The summed E-state index contributed by atoms with van der Waals surface area (Å²) in [6.07, 6.45) is 0.660. The number of carbonyl (C=O) groups excluding carboxylic acids is 2. The minimum atomic E-state index is -0.613. The third-order valence-electron chi connectivity index (χ3n) is 5.74. The van der Waals surface area contributed by atoms with Gasteiger partial charge < -0.3 is 15.0 Å². The Balaban J connectivity index is 1.94. The molecule has 5 heteroatoms. The molecule has 1 N–H and O–H groups in total. The minimum Gasteiger partial charge on any atom is -0.497 e. The Morgan fingerprint density at radius 2 is 1.58 bits per heavy atom.